The number of fused-ring (bicyclic) bond motifs is 1. The van der Waals surface area contributed by atoms with Crippen molar-refractivity contribution in [2.75, 3.05) is 26.0 Å². The Morgan fingerprint density at radius 3 is 2.78 bits per heavy atom. The van der Waals surface area contributed by atoms with Gasteiger partial charge in [0.2, 0.25) is 5.16 Å². The van der Waals surface area contributed by atoms with E-state index in [9.17, 15) is 9.59 Å². The van der Waals surface area contributed by atoms with Crippen LogP contribution in [0.3, 0.4) is 0 Å². The van der Waals surface area contributed by atoms with E-state index >= 15 is 0 Å². The Hall–Kier alpha value is -2.16. The molecule has 9 heteroatoms. The first kappa shape index (κ1) is 19.6. The van der Waals surface area contributed by atoms with Crippen molar-refractivity contribution in [1.82, 2.24) is 24.5 Å². The molecule has 1 aliphatic rings. The number of thioether (sulfide) groups is 1. The van der Waals surface area contributed by atoms with Crippen LogP contribution in [0, 0.1) is 19.8 Å². The van der Waals surface area contributed by atoms with Gasteiger partial charge in [-0.2, -0.15) is 4.98 Å². The average Bonchev–Trinajstić information content (AvgIpc) is 3.06. The van der Waals surface area contributed by atoms with Gasteiger partial charge in [-0.3, -0.25) is 9.59 Å². The number of hydrogen-bond donors (Lipinski definition) is 0. The average molecular weight is 391 g/mol. The van der Waals surface area contributed by atoms with Gasteiger partial charge < -0.3 is 9.64 Å². The lowest BCUT2D eigenvalue weighted by atomic mass is 10.0. The second-order valence-electron chi connectivity index (χ2n) is 7.00. The Bertz CT molecular complexity index is 866. The number of rotatable bonds is 5. The SMILES string of the molecule is CSc1nc2nc(C)c(CC(=O)OCC(=O)N3CCC[C@@H](C)C3)c(C)n2n1. The minimum atomic E-state index is -0.439. The molecular formula is C18H25N5O3S. The van der Waals surface area contributed by atoms with Crippen LogP contribution in [0.4, 0.5) is 0 Å². The molecule has 0 N–H and O–H groups in total. The largest absolute Gasteiger partial charge is 0.455 e. The molecule has 2 aromatic rings. The molecule has 0 saturated carbocycles. The predicted molar refractivity (Wildman–Crippen MR) is 102 cm³/mol. The van der Waals surface area contributed by atoms with Crippen molar-refractivity contribution < 1.29 is 14.3 Å². The molecule has 1 saturated heterocycles. The van der Waals surface area contributed by atoms with Crippen LogP contribution in [0.2, 0.25) is 0 Å². The van der Waals surface area contributed by atoms with Crippen molar-refractivity contribution in [1.29, 1.82) is 0 Å². The van der Waals surface area contributed by atoms with Crippen LogP contribution < -0.4 is 0 Å². The molecule has 3 rings (SSSR count). The molecular weight excluding hydrogens is 366 g/mol. The standard InChI is InChI=1S/C18H25N5O3S/c1-11-6-5-7-22(9-11)15(24)10-26-16(25)8-14-12(2)19-17-20-18(27-4)21-23(17)13(14)3/h11H,5-10H2,1-4H3/t11-/m1/s1. The zero-order valence-corrected chi connectivity index (χ0v) is 17.0. The maximum Gasteiger partial charge on any atom is 0.310 e. The zero-order chi connectivity index (χ0) is 19.6. The molecule has 0 radical (unpaired) electrons. The summed E-state index contributed by atoms with van der Waals surface area (Å²) >= 11 is 1.44. The van der Waals surface area contributed by atoms with Crippen LogP contribution in [0.5, 0.6) is 0 Å². The molecule has 0 bridgehead atoms. The van der Waals surface area contributed by atoms with Crippen LogP contribution in [-0.4, -0.2) is 62.3 Å². The van der Waals surface area contributed by atoms with E-state index in [1.54, 1.807) is 9.42 Å². The Kier molecular flexibility index (Phi) is 5.98. The van der Waals surface area contributed by atoms with Crippen LogP contribution in [0.1, 0.15) is 36.7 Å². The van der Waals surface area contributed by atoms with Crippen molar-refractivity contribution in [2.45, 2.75) is 45.2 Å². The summed E-state index contributed by atoms with van der Waals surface area (Å²) in [7, 11) is 0. The molecule has 2 aromatic heterocycles. The van der Waals surface area contributed by atoms with Crippen molar-refractivity contribution in [3.05, 3.63) is 17.0 Å². The second-order valence-corrected chi connectivity index (χ2v) is 7.77. The minimum Gasteiger partial charge on any atom is -0.455 e. The molecule has 0 unspecified atom stereocenters. The Morgan fingerprint density at radius 1 is 1.30 bits per heavy atom. The van der Waals surface area contributed by atoms with Gasteiger partial charge in [-0.1, -0.05) is 18.7 Å². The number of piperidine rings is 1. The first-order chi connectivity index (χ1) is 12.9. The van der Waals surface area contributed by atoms with Crippen LogP contribution in [-0.2, 0) is 20.7 Å². The third-order valence-corrected chi connectivity index (χ3v) is 5.44. The fraction of sp³-hybridized carbons (Fsp3) is 0.611. The predicted octanol–water partition coefficient (Wildman–Crippen LogP) is 1.81. The van der Waals surface area contributed by atoms with E-state index in [4.69, 9.17) is 4.74 Å². The number of esters is 1. The summed E-state index contributed by atoms with van der Waals surface area (Å²) in [5.74, 6) is 0.444. The lowest BCUT2D eigenvalue weighted by Gasteiger charge is -2.30. The summed E-state index contributed by atoms with van der Waals surface area (Å²) in [4.78, 5) is 35.1. The normalized spacial score (nSPS) is 17.3. The van der Waals surface area contributed by atoms with E-state index in [0.717, 1.165) is 37.2 Å². The number of carbonyl (C=O) groups excluding carboxylic acids is 2. The number of hydrogen-bond acceptors (Lipinski definition) is 7. The molecule has 0 spiro atoms. The fourth-order valence-corrected chi connectivity index (χ4v) is 3.71. The number of ether oxygens (including phenoxy) is 1. The summed E-state index contributed by atoms with van der Waals surface area (Å²) in [6.07, 6.45) is 4.09. The lowest BCUT2D eigenvalue weighted by Crippen LogP contribution is -2.41. The fourth-order valence-electron chi connectivity index (χ4n) is 3.38. The quantitative estimate of drug-likeness (QED) is 0.567. The van der Waals surface area contributed by atoms with Gasteiger partial charge in [0.25, 0.3) is 11.7 Å². The highest BCUT2D eigenvalue weighted by Gasteiger charge is 2.22. The molecule has 1 atom stereocenters. The first-order valence-electron chi connectivity index (χ1n) is 9.09. The number of aryl methyl sites for hydroxylation is 2. The summed E-state index contributed by atoms with van der Waals surface area (Å²) < 4.78 is 6.88. The zero-order valence-electron chi connectivity index (χ0n) is 16.2. The summed E-state index contributed by atoms with van der Waals surface area (Å²) in [6.45, 7) is 7.11. The van der Waals surface area contributed by atoms with Crippen LogP contribution in [0.25, 0.3) is 5.78 Å². The van der Waals surface area contributed by atoms with E-state index in [1.165, 1.54) is 11.8 Å². The van der Waals surface area contributed by atoms with Crippen molar-refractivity contribution in [2.24, 2.45) is 5.92 Å². The number of nitrogens with zero attached hydrogens (tertiary/aromatic N) is 5. The maximum atomic E-state index is 12.3. The van der Waals surface area contributed by atoms with Gasteiger partial charge in [0.15, 0.2) is 6.61 Å². The Balaban J connectivity index is 1.64. The van der Waals surface area contributed by atoms with Gasteiger partial charge in [0, 0.05) is 30.0 Å². The van der Waals surface area contributed by atoms with E-state index in [0.29, 0.717) is 22.5 Å². The van der Waals surface area contributed by atoms with Gasteiger partial charge in [-0.05, 0) is 38.9 Å². The molecule has 8 nitrogen and oxygen atoms in total. The third-order valence-electron chi connectivity index (χ3n) is 4.90. The van der Waals surface area contributed by atoms with Gasteiger partial charge in [-0.25, -0.2) is 9.50 Å². The van der Waals surface area contributed by atoms with E-state index in [1.807, 2.05) is 20.1 Å². The minimum absolute atomic E-state index is 0.0543. The summed E-state index contributed by atoms with van der Waals surface area (Å²) in [5.41, 5.74) is 2.27. The van der Waals surface area contributed by atoms with Gasteiger partial charge in [0.1, 0.15) is 0 Å². The summed E-state index contributed by atoms with van der Waals surface area (Å²) in [6, 6.07) is 0. The smallest absolute Gasteiger partial charge is 0.310 e. The number of amides is 1. The monoisotopic (exact) mass is 391 g/mol. The van der Waals surface area contributed by atoms with Crippen molar-refractivity contribution >= 4 is 29.4 Å². The van der Waals surface area contributed by atoms with Crippen molar-refractivity contribution in [3.8, 4) is 0 Å². The molecule has 1 aliphatic heterocycles. The first-order valence-corrected chi connectivity index (χ1v) is 10.3. The van der Waals surface area contributed by atoms with Crippen molar-refractivity contribution in [3.63, 3.8) is 0 Å². The Morgan fingerprint density at radius 2 is 2.07 bits per heavy atom. The highest BCUT2D eigenvalue weighted by molar-refractivity contribution is 7.98. The molecule has 3 heterocycles. The van der Waals surface area contributed by atoms with E-state index in [-0.39, 0.29) is 18.9 Å². The van der Waals surface area contributed by atoms with E-state index in [2.05, 4.69) is 22.0 Å². The Labute approximate surface area is 162 Å². The second kappa shape index (κ2) is 8.24. The maximum absolute atomic E-state index is 12.3. The lowest BCUT2D eigenvalue weighted by molar-refractivity contribution is -0.152. The highest BCUT2D eigenvalue weighted by Crippen LogP contribution is 2.18. The number of aromatic nitrogens is 4. The molecule has 0 aliphatic carbocycles. The molecule has 0 aromatic carbocycles. The molecule has 1 amide bonds. The van der Waals surface area contributed by atoms with Crippen LogP contribution >= 0.6 is 11.8 Å². The highest BCUT2D eigenvalue weighted by atomic mass is 32.2. The third kappa shape index (κ3) is 4.40. The topological polar surface area (TPSA) is 89.7 Å². The van der Waals surface area contributed by atoms with Gasteiger partial charge >= 0.3 is 5.97 Å². The van der Waals surface area contributed by atoms with E-state index < -0.39 is 5.97 Å². The number of likely N-dealkylation sites (tertiary alicyclic amines) is 1. The molecule has 1 fully saturated rings. The molecule has 27 heavy (non-hydrogen) atoms. The van der Waals surface area contributed by atoms with Gasteiger partial charge in [0.05, 0.1) is 6.42 Å². The number of carbonyl (C=O) groups is 2. The summed E-state index contributed by atoms with van der Waals surface area (Å²) in [5, 5.41) is 5.01. The van der Waals surface area contributed by atoms with Crippen LogP contribution in [0.15, 0.2) is 5.16 Å². The molecule has 146 valence electrons. The van der Waals surface area contributed by atoms with Gasteiger partial charge in [-0.15, -0.1) is 5.10 Å².